The summed E-state index contributed by atoms with van der Waals surface area (Å²) in [5.74, 6) is 1.99. The van der Waals surface area contributed by atoms with Crippen molar-refractivity contribution in [3.63, 3.8) is 0 Å². The summed E-state index contributed by atoms with van der Waals surface area (Å²) in [6, 6.07) is 27.9. The van der Waals surface area contributed by atoms with E-state index in [2.05, 4.69) is 66.6 Å². The molecule has 0 spiro atoms. The maximum atomic E-state index is 13.7. The molecule has 5 rings (SSSR count). The molecule has 0 bridgehead atoms. The van der Waals surface area contributed by atoms with Crippen LogP contribution in [0.5, 0.6) is 0 Å². The number of likely N-dealkylation sites (tertiary alicyclic amines) is 1. The minimum Gasteiger partial charge on any atom is -0.460 e. The zero-order valence-electron chi connectivity index (χ0n) is 27.2. The normalized spacial score (nSPS) is 15.3. The summed E-state index contributed by atoms with van der Waals surface area (Å²) in [6.45, 7) is 10.4. The second kappa shape index (κ2) is 16.1. The van der Waals surface area contributed by atoms with Gasteiger partial charge in [0.1, 0.15) is 11.5 Å². The Hall–Kier alpha value is -3.89. The van der Waals surface area contributed by atoms with E-state index in [-0.39, 0.29) is 18.0 Å². The molecular formula is C39H45ClN4O2. The first-order chi connectivity index (χ1) is 22.3. The number of piperidine rings is 1. The summed E-state index contributed by atoms with van der Waals surface area (Å²) < 4.78 is 6.19. The van der Waals surface area contributed by atoms with Crippen LogP contribution in [0.1, 0.15) is 83.9 Å². The smallest absolute Gasteiger partial charge is 0.253 e. The molecule has 0 radical (unpaired) electrons. The number of benzene rings is 3. The maximum Gasteiger partial charge on any atom is 0.253 e. The van der Waals surface area contributed by atoms with E-state index in [1.807, 2.05) is 48.5 Å². The lowest BCUT2D eigenvalue weighted by molar-refractivity contribution is 0.0931. The summed E-state index contributed by atoms with van der Waals surface area (Å²) in [5.41, 5.74) is 5.44. The van der Waals surface area contributed by atoms with Gasteiger partial charge in [-0.15, -0.1) is 0 Å². The molecule has 240 valence electrons. The molecule has 7 heteroatoms. The number of hydrogen-bond acceptors (Lipinski definition) is 5. The fraction of sp³-hybridized carbons (Fsp3) is 0.385. The molecule has 3 aromatic carbocycles. The zero-order chi connectivity index (χ0) is 32.5. The predicted octanol–water partition coefficient (Wildman–Crippen LogP) is 8.48. The van der Waals surface area contributed by atoms with Crippen molar-refractivity contribution in [3.8, 4) is 17.4 Å². The second-order valence-electron chi connectivity index (χ2n) is 12.6. The van der Waals surface area contributed by atoms with Crippen LogP contribution in [0.3, 0.4) is 0 Å². The van der Waals surface area contributed by atoms with Gasteiger partial charge in [0.05, 0.1) is 28.8 Å². The molecule has 2 heterocycles. The number of rotatable bonds is 13. The average molecular weight is 637 g/mol. The topological polar surface area (TPSA) is 81.3 Å². The highest BCUT2D eigenvalue weighted by Gasteiger charge is 2.22. The SMILES string of the molecule is CCN1CCC(CC[C@@H](Cc2ccc(C#N)cc2)NC(=O)c2cc(-c3ccc(CN[C@H](C)c4ccc(C)cc4)o3)ccc2Cl)CC1. The third-order valence-corrected chi connectivity index (χ3v) is 9.62. The lowest BCUT2D eigenvalue weighted by Crippen LogP contribution is -2.38. The van der Waals surface area contributed by atoms with E-state index < -0.39 is 0 Å². The highest BCUT2D eigenvalue weighted by Crippen LogP contribution is 2.28. The number of halogens is 1. The van der Waals surface area contributed by atoms with Gasteiger partial charge < -0.3 is 20.0 Å². The lowest BCUT2D eigenvalue weighted by atomic mass is 9.89. The minimum atomic E-state index is -0.188. The average Bonchev–Trinajstić information content (AvgIpc) is 3.56. The van der Waals surface area contributed by atoms with Crippen LogP contribution in [0, 0.1) is 24.2 Å². The third-order valence-electron chi connectivity index (χ3n) is 9.30. The van der Waals surface area contributed by atoms with Gasteiger partial charge in [-0.25, -0.2) is 0 Å². The summed E-state index contributed by atoms with van der Waals surface area (Å²) in [6.07, 6.45) is 5.04. The third kappa shape index (κ3) is 9.10. The van der Waals surface area contributed by atoms with Gasteiger partial charge in [-0.05, 0) is 125 Å². The fourth-order valence-corrected chi connectivity index (χ4v) is 6.43. The molecule has 0 aliphatic carbocycles. The van der Waals surface area contributed by atoms with Crippen molar-refractivity contribution in [2.45, 2.75) is 71.5 Å². The monoisotopic (exact) mass is 636 g/mol. The Morgan fingerprint density at radius 2 is 1.78 bits per heavy atom. The van der Waals surface area contributed by atoms with Crippen LogP contribution in [0.2, 0.25) is 5.02 Å². The van der Waals surface area contributed by atoms with Gasteiger partial charge >= 0.3 is 0 Å². The Morgan fingerprint density at radius 3 is 2.48 bits per heavy atom. The molecule has 0 saturated carbocycles. The summed E-state index contributed by atoms with van der Waals surface area (Å²) in [7, 11) is 0. The van der Waals surface area contributed by atoms with E-state index in [0.717, 1.165) is 49.4 Å². The Labute approximate surface area is 278 Å². The number of hydrogen-bond donors (Lipinski definition) is 2. The Morgan fingerprint density at radius 1 is 1.04 bits per heavy atom. The van der Waals surface area contributed by atoms with Crippen molar-refractivity contribution >= 4 is 17.5 Å². The lowest BCUT2D eigenvalue weighted by Gasteiger charge is -2.32. The van der Waals surface area contributed by atoms with Gasteiger partial charge in [0.25, 0.3) is 5.91 Å². The molecule has 46 heavy (non-hydrogen) atoms. The van der Waals surface area contributed by atoms with E-state index in [9.17, 15) is 10.1 Å². The maximum absolute atomic E-state index is 13.7. The van der Waals surface area contributed by atoms with Crippen molar-refractivity contribution in [1.82, 2.24) is 15.5 Å². The first-order valence-electron chi connectivity index (χ1n) is 16.5. The van der Waals surface area contributed by atoms with Gasteiger partial charge in [-0.1, -0.05) is 60.5 Å². The van der Waals surface area contributed by atoms with Crippen LogP contribution in [0.4, 0.5) is 0 Å². The number of carbonyl (C=O) groups excluding carboxylic acids is 1. The minimum absolute atomic E-state index is 0.0545. The van der Waals surface area contributed by atoms with E-state index in [1.54, 1.807) is 6.07 Å². The number of carbonyl (C=O) groups is 1. The van der Waals surface area contributed by atoms with Crippen LogP contribution in [-0.2, 0) is 13.0 Å². The number of amides is 1. The van der Waals surface area contributed by atoms with E-state index in [1.165, 1.54) is 24.0 Å². The molecule has 1 aromatic heterocycles. The van der Waals surface area contributed by atoms with Crippen molar-refractivity contribution in [3.05, 3.63) is 117 Å². The molecule has 4 aromatic rings. The van der Waals surface area contributed by atoms with Gasteiger partial charge in [-0.2, -0.15) is 5.26 Å². The van der Waals surface area contributed by atoms with E-state index >= 15 is 0 Å². The van der Waals surface area contributed by atoms with E-state index in [4.69, 9.17) is 16.0 Å². The Balaban J connectivity index is 1.25. The van der Waals surface area contributed by atoms with Crippen LogP contribution < -0.4 is 10.6 Å². The summed E-state index contributed by atoms with van der Waals surface area (Å²) in [5, 5.41) is 16.5. The van der Waals surface area contributed by atoms with Gasteiger partial charge in [0.15, 0.2) is 0 Å². The van der Waals surface area contributed by atoms with Crippen LogP contribution in [-0.4, -0.2) is 36.5 Å². The molecule has 2 N–H and O–H groups in total. The second-order valence-corrected chi connectivity index (χ2v) is 13.0. The van der Waals surface area contributed by atoms with Crippen LogP contribution in [0.25, 0.3) is 11.3 Å². The highest BCUT2D eigenvalue weighted by molar-refractivity contribution is 6.34. The highest BCUT2D eigenvalue weighted by atomic mass is 35.5. The molecule has 2 atom stereocenters. The van der Waals surface area contributed by atoms with Gasteiger partial charge in [-0.3, -0.25) is 4.79 Å². The number of nitriles is 1. The summed E-state index contributed by atoms with van der Waals surface area (Å²) in [4.78, 5) is 16.2. The molecule has 1 aliphatic rings. The zero-order valence-corrected chi connectivity index (χ0v) is 27.9. The number of furan rings is 1. The molecule has 1 aliphatic heterocycles. The van der Waals surface area contributed by atoms with Gasteiger partial charge in [0.2, 0.25) is 0 Å². The quantitative estimate of drug-likeness (QED) is 0.154. The predicted molar refractivity (Wildman–Crippen MR) is 186 cm³/mol. The molecule has 6 nitrogen and oxygen atoms in total. The molecule has 1 amide bonds. The Kier molecular flexibility index (Phi) is 11.7. The molecule has 1 saturated heterocycles. The Bertz CT molecular complexity index is 1620. The summed E-state index contributed by atoms with van der Waals surface area (Å²) >= 11 is 6.60. The number of aryl methyl sites for hydroxylation is 1. The van der Waals surface area contributed by atoms with Gasteiger partial charge in [0, 0.05) is 17.6 Å². The van der Waals surface area contributed by atoms with Crippen molar-refractivity contribution in [2.24, 2.45) is 5.92 Å². The van der Waals surface area contributed by atoms with Crippen molar-refractivity contribution < 1.29 is 9.21 Å². The first-order valence-corrected chi connectivity index (χ1v) is 16.9. The van der Waals surface area contributed by atoms with Crippen molar-refractivity contribution in [1.29, 1.82) is 5.26 Å². The van der Waals surface area contributed by atoms with E-state index in [0.29, 0.717) is 40.8 Å². The van der Waals surface area contributed by atoms with Crippen LogP contribution >= 0.6 is 11.6 Å². The first kappa shape index (κ1) is 33.5. The number of nitrogens with one attached hydrogen (secondary N) is 2. The number of nitrogens with zero attached hydrogens (tertiary/aromatic N) is 2. The van der Waals surface area contributed by atoms with Crippen LogP contribution in [0.15, 0.2) is 83.3 Å². The largest absolute Gasteiger partial charge is 0.460 e. The fourth-order valence-electron chi connectivity index (χ4n) is 6.22. The molecular weight excluding hydrogens is 592 g/mol. The van der Waals surface area contributed by atoms with Crippen molar-refractivity contribution in [2.75, 3.05) is 19.6 Å². The standard InChI is InChI=1S/C39H45ClN4O2/c1-4-44-21-19-29(20-22-44)11-15-34(23-30-7-9-31(25-41)10-8-30)43-39(45)36-24-33(14-17-37(36)40)38-18-16-35(46-38)26-42-28(3)32-12-5-27(2)6-13-32/h5-10,12-14,16-18,24,28-29,34,42H,4,11,15,19-23,26H2,1-3H3,(H,43,45)/t28-,34+/m1/s1. The molecule has 0 unspecified atom stereocenters. The molecule has 1 fully saturated rings.